The average molecular weight is 310 g/mol. The zero-order chi connectivity index (χ0) is 16.8. The fraction of sp³-hybridized carbons (Fsp3) is 0.350. The van der Waals surface area contributed by atoms with Crippen LogP contribution in [-0.4, -0.2) is 25.5 Å². The van der Waals surface area contributed by atoms with Crippen molar-refractivity contribution in [3.63, 3.8) is 0 Å². The predicted molar refractivity (Wildman–Crippen MR) is 97.3 cm³/mol. The van der Waals surface area contributed by atoms with Gasteiger partial charge in [-0.1, -0.05) is 24.3 Å². The Morgan fingerprint density at radius 2 is 1.83 bits per heavy atom. The van der Waals surface area contributed by atoms with E-state index in [2.05, 4.69) is 48.3 Å². The Bertz CT molecular complexity index is 679. The van der Waals surface area contributed by atoms with E-state index >= 15 is 0 Å². The average Bonchev–Trinajstić information content (AvgIpc) is 2.54. The van der Waals surface area contributed by atoms with Crippen LogP contribution >= 0.6 is 0 Å². The second-order valence-corrected chi connectivity index (χ2v) is 5.92. The van der Waals surface area contributed by atoms with E-state index in [4.69, 9.17) is 0 Å². The minimum Gasteiger partial charge on any atom is -0.370 e. The summed E-state index contributed by atoms with van der Waals surface area (Å²) >= 11 is 0. The standard InChI is InChI=1S/C20H26N2O/c1-5-22(18-10-6-8-15(2)14-18)13-12-21-20(23)19-11-7-9-16(3)17(19)4/h6-11,14H,5,12-13H2,1-4H3,(H,21,23). The Labute approximate surface area is 139 Å². The van der Waals surface area contributed by atoms with Crippen molar-refractivity contribution in [1.29, 1.82) is 0 Å². The lowest BCUT2D eigenvalue weighted by molar-refractivity contribution is 0.0954. The van der Waals surface area contributed by atoms with Crippen molar-refractivity contribution in [3.05, 3.63) is 64.7 Å². The van der Waals surface area contributed by atoms with Crippen molar-refractivity contribution in [2.24, 2.45) is 0 Å². The van der Waals surface area contributed by atoms with Gasteiger partial charge in [0.1, 0.15) is 0 Å². The Balaban J connectivity index is 1.95. The molecule has 3 heteroatoms. The number of benzene rings is 2. The largest absolute Gasteiger partial charge is 0.370 e. The maximum Gasteiger partial charge on any atom is 0.251 e. The fourth-order valence-corrected chi connectivity index (χ4v) is 2.69. The summed E-state index contributed by atoms with van der Waals surface area (Å²) in [6.07, 6.45) is 0. The van der Waals surface area contributed by atoms with Crippen molar-refractivity contribution in [3.8, 4) is 0 Å². The lowest BCUT2D eigenvalue weighted by Gasteiger charge is -2.23. The summed E-state index contributed by atoms with van der Waals surface area (Å²) in [5.41, 5.74) is 5.42. The molecule has 1 amide bonds. The highest BCUT2D eigenvalue weighted by Crippen LogP contribution is 2.15. The van der Waals surface area contributed by atoms with Gasteiger partial charge in [0.05, 0.1) is 0 Å². The lowest BCUT2D eigenvalue weighted by atomic mass is 10.0. The van der Waals surface area contributed by atoms with Gasteiger partial charge in [-0.2, -0.15) is 0 Å². The van der Waals surface area contributed by atoms with Gasteiger partial charge in [0.2, 0.25) is 0 Å². The number of carbonyl (C=O) groups excluding carboxylic acids is 1. The maximum atomic E-state index is 12.3. The highest BCUT2D eigenvalue weighted by atomic mass is 16.1. The summed E-state index contributed by atoms with van der Waals surface area (Å²) in [6, 6.07) is 14.3. The van der Waals surface area contributed by atoms with Crippen LogP contribution in [0.15, 0.2) is 42.5 Å². The number of aryl methyl sites for hydroxylation is 2. The van der Waals surface area contributed by atoms with Crippen LogP contribution in [0.3, 0.4) is 0 Å². The van der Waals surface area contributed by atoms with Gasteiger partial charge >= 0.3 is 0 Å². The third kappa shape index (κ3) is 4.35. The molecule has 2 rings (SSSR count). The molecule has 0 aliphatic carbocycles. The van der Waals surface area contributed by atoms with Gasteiger partial charge in [0.15, 0.2) is 0 Å². The molecule has 3 nitrogen and oxygen atoms in total. The van der Waals surface area contributed by atoms with E-state index in [1.807, 2.05) is 32.0 Å². The van der Waals surface area contributed by atoms with Gasteiger partial charge in [0, 0.05) is 30.9 Å². The lowest BCUT2D eigenvalue weighted by Crippen LogP contribution is -2.35. The van der Waals surface area contributed by atoms with Crippen LogP contribution in [-0.2, 0) is 0 Å². The van der Waals surface area contributed by atoms with Crippen molar-refractivity contribution >= 4 is 11.6 Å². The monoisotopic (exact) mass is 310 g/mol. The number of nitrogens with zero attached hydrogens (tertiary/aromatic N) is 1. The molecular formula is C20H26N2O. The minimum atomic E-state index is 0.00601. The number of carbonyl (C=O) groups is 1. The molecule has 23 heavy (non-hydrogen) atoms. The van der Waals surface area contributed by atoms with Crippen LogP contribution in [0.2, 0.25) is 0 Å². The van der Waals surface area contributed by atoms with E-state index in [9.17, 15) is 4.79 Å². The summed E-state index contributed by atoms with van der Waals surface area (Å²) in [6.45, 7) is 10.6. The highest BCUT2D eigenvalue weighted by molar-refractivity contribution is 5.95. The molecule has 0 atom stereocenters. The number of anilines is 1. The topological polar surface area (TPSA) is 32.3 Å². The third-order valence-corrected chi connectivity index (χ3v) is 4.27. The number of hydrogen-bond donors (Lipinski definition) is 1. The van der Waals surface area contributed by atoms with Crippen LogP contribution in [0.5, 0.6) is 0 Å². The molecule has 0 saturated carbocycles. The second-order valence-electron chi connectivity index (χ2n) is 5.92. The first-order chi connectivity index (χ1) is 11.0. The molecule has 2 aromatic rings. The van der Waals surface area contributed by atoms with Gasteiger partial charge in [0.25, 0.3) is 5.91 Å². The molecule has 2 aromatic carbocycles. The number of amides is 1. The van der Waals surface area contributed by atoms with E-state index in [0.29, 0.717) is 6.54 Å². The number of nitrogens with one attached hydrogen (secondary N) is 1. The van der Waals surface area contributed by atoms with Crippen molar-refractivity contribution < 1.29 is 4.79 Å². The minimum absolute atomic E-state index is 0.00601. The molecule has 0 aliphatic rings. The molecule has 0 radical (unpaired) electrons. The maximum absolute atomic E-state index is 12.3. The van der Waals surface area contributed by atoms with Crippen molar-refractivity contribution in [2.75, 3.05) is 24.5 Å². The van der Waals surface area contributed by atoms with Crippen LogP contribution < -0.4 is 10.2 Å². The summed E-state index contributed by atoms with van der Waals surface area (Å²) in [7, 11) is 0. The van der Waals surface area contributed by atoms with Crippen molar-refractivity contribution in [2.45, 2.75) is 27.7 Å². The predicted octanol–water partition coefficient (Wildman–Crippen LogP) is 3.87. The number of rotatable bonds is 6. The van der Waals surface area contributed by atoms with Gasteiger partial charge in [-0.3, -0.25) is 4.79 Å². The smallest absolute Gasteiger partial charge is 0.251 e. The van der Waals surface area contributed by atoms with Crippen LogP contribution in [0.4, 0.5) is 5.69 Å². The molecule has 122 valence electrons. The quantitative estimate of drug-likeness (QED) is 0.878. The Hall–Kier alpha value is -2.29. The first kappa shape index (κ1) is 17.1. The van der Waals surface area contributed by atoms with E-state index in [1.54, 1.807) is 0 Å². The fourth-order valence-electron chi connectivity index (χ4n) is 2.69. The normalized spacial score (nSPS) is 10.4. The summed E-state index contributed by atoms with van der Waals surface area (Å²) < 4.78 is 0. The molecular weight excluding hydrogens is 284 g/mol. The summed E-state index contributed by atoms with van der Waals surface area (Å²) in [5.74, 6) is 0.00601. The van der Waals surface area contributed by atoms with Gasteiger partial charge in [-0.05, 0) is 62.6 Å². The first-order valence-electron chi connectivity index (χ1n) is 8.19. The molecule has 0 spiro atoms. The Morgan fingerprint density at radius 1 is 1.09 bits per heavy atom. The van der Waals surface area contributed by atoms with E-state index in [-0.39, 0.29) is 5.91 Å². The van der Waals surface area contributed by atoms with Gasteiger partial charge in [-0.15, -0.1) is 0 Å². The zero-order valence-electron chi connectivity index (χ0n) is 14.5. The first-order valence-corrected chi connectivity index (χ1v) is 8.19. The van der Waals surface area contributed by atoms with Gasteiger partial charge in [-0.25, -0.2) is 0 Å². The molecule has 0 aromatic heterocycles. The van der Waals surface area contributed by atoms with Crippen LogP contribution in [0.25, 0.3) is 0 Å². The molecule has 0 heterocycles. The number of hydrogen-bond acceptors (Lipinski definition) is 2. The number of likely N-dealkylation sites (N-methyl/N-ethyl adjacent to an activating group) is 1. The molecule has 0 saturated heterocycles. The van der Waals surface area contributed by atoms with Crippen LogP contribution in [0, 0.1) is 20.8 Å². The second kappa shape index (κ2) is 7.82. The SMILES string of the molecule is CCN(CCNC(=O)c1cccc(C)c1C)c1cccc(C)c1. The molecule has 0 unspecified atom stereocenters. The third-order valence-electron chi connectivity index (χ3n) is 4.27. The van der Waals surface area contributed by atoms with Gasteiger partial charge < -0.3 is 10.2 Å². The molecule has 1 N–H and O–H groups in total. The van der Waals surface area contributed by atoms with Crippen molar-refractivity contribution in [1.82, 2.24) is 5.32 Å². The summed E-state index contributed by atoms with van der Waals surface area (Å²) in [5, 5.41) is 3.04. The van der Waals surface area contributed by atoms with E-state index in [0.717, 1.165) is 29.8 Å². The summed E-state index contributed by atoms with van der Waals surface area (Å²) in [4.78, 5) is 14.6. The zero-order valence-corrected chi connectivity index (χ0v) is 14.5. The van der Waals surface area contributed by atoms with Crippen LogP contribution in [0.1, 0.15) is 34.0 Å². The van der Waals surface area contributed by atoms with E-state index < -0.39 is 0 Å². The Morgan fingerprint density at radius 3 is 2.52 bits per heavy atom. The highest BCUT2D eigenvalue weighted by Gasteiger charge is 2.10. The van der Waals surface area contributed by atoms with E-state index in [1.165, 1.54) is 11.3 Å². The Kier molecular flexibility index (Phi) is 5.80. The molecule has 0 bridgehead atoms. The molecule has 0 fully saturated rings. The molecule has 0 aliphatic heterocycles.